The maximum Gasteiger partial charge on any atom is 0.319 e. The van der Waals surface area contributed by atoms with Crippen LogP contribution in [0.15, 0.2) is 0 Å². The average molecular weight is 287 g/mol. The molecule has 0 aromatic rings. The average Bonchev–Trinajstić information content (AvgIpc) is 2.83. The summed E-state index contributed by atoms with van der Waals surface area (Å²) < 4.78 is 10.9. The van der Waals surface area contributed by atoms with Gasteiger partial charge in [-0.15, -0.1) is 0 Å². The third kappa shape index (κ3) is 3.64. The first kappa shape index (κ1) is 15.1. The summed E-state index contributed by atoms with van der Waals surface area (Å²) in [6.07, 6.45) is 3.22. The van der Waals surface area contributed by atoms with E-state index in [-0.39, 0.29) is 11.6 Å². The molecule has 0 aliphatic carbocycles. The summed E-state index contributed by atoms with van der Waals surface area (Å²) in [7, 11) is 1.46. The van der Waals surface area contributed by atoms with Crippen molar-refractivity contribution in [3.8, 4) is 0 Å². The van der Waals surface area contributed by atoms with Gasteiger partial charge in [0.2, 0.25) is 0 Å². The van der Waals surface area contributed by atoms with Crippen molar-refractivity contribution in [3.05, 3.63) is 0 Å². The smallest absolute Gasteiger partial charge is 0.319 e. The minimum atomic E-state index is -0.143. The second-order valence-corrected chi connectivity index (χ2v) is 6.93. The molecule has 0 saturated carbocycles. The van der Waals surface area contributed by atoms with E-state index in [1.165, 1.54) is 12.9 Å². The van der Waals surface area contributed by atoms with Crippen molar-refractivity contribution in [2.45, 2.75) is 50.8 Å². The molecular weight excluding hydrogens is 262 g/mol. The van der Waals surface area contributed by atoms with E-state index < -0.39 is 0 Å². The first-order valence-electron chi connectivity index (χ1n) is 7.10. The fourth-order valence-corrected chi connectivity index (χ4v) is 4.47. The summed E-state index contributed by atoms with van der Waals surface area (Å²) in [5, 5.41) is 0. The molecule has 0 N–H and O–H groups in total. The number of thioether (sulfide) groups is 1. The summed E-state index contributed by atoms with van der Waals surface area (Å²) in [5.74, 6) is 2.16. The van der Waals surface area contributed by atoms with Crippen LogP contribution < -0.4 is 0 Å². The Bertz CT molecular complexity index is 316. The Morgan fingerprint density at radius 3 is 2.95 bits per heavy atom. The topological polar surface area (TPSA) is 38.8 Å². The summed E-state index contributed by atoms with van der Waals surface area (Å²) in [4.78, 5) is 13.9. The van der Waals surface area contributed by atoms with Crippen molar-refractivity contribution in [2.24, 2.45) is 0 Å². The van der Waals surface area contributed by atoms with Gasteiger partial charge in [-0.1, -0.05) is 0 Å². The highest BCUT2D eigenvalue weighted by Gasteiger charge is 2.42. The van der Waals surface area contributed by atoms with E-state index in [2.05, 4.69) is 18.7 Å². The largest absolute Gasteiger partial charge is 0.468 e. The van der Waals surface area contributed by atoms with Gasteiger partial charge in [-0.3, -0.25) is 9.69 Å². The molecule has 2 saturated heterocycles. The van der Waals surface area contributed by atoms with Crippen LogP contribution in [0.5, 0.6) is 0 Å². The summed E-state index contributed by atoms with van der Waals surface area (Å²) in [5.41, 5.74) is 0.0663. The molecule has 0 aromatic heterocycles. The van der Waals surface area contributed by atoms with Crippen molar-refractivity contribution in [1.29, 1.82) is 0 Å². The van der Waals surface area contributed by atoms with Gasteiger partial charge in [0.25, 0.3) is 0 Å². The second kappa shape index (κ2) is 6.46. The zero-order valence-corrected chi connectivity index (χ0v) is 13.0. The Kier molecular flexibility index (Phi) is 5.15. The summed E-state index contributed by atoms with van der Waals surface area (Å²) in [6.45, 7) is 5.50. The highest BCUT2D eigenvalue weighted by molar-refractivity contribution is 7.99. The minimum absolute atomic E-state index is 0.0663. The molecule has 2 unspecified atom stereocenters. The maximum absolute atomic E-state index is 11.6. The SMILES string of the molecule is COC(=O)CN(C(C)C)C1CCOC2(CCSC2)C1. The number of rotatable bonds is 4. The second-order valence-electron chi connectivity index (χ2n) is 5.82. The predicted molar refractivity (Wildman–Crippen MR) is 77.5 cm³/mol. The highest BCUT2D eigenvalue weighted by atomic mass is 32.2. The van der Waals surface area contributed by atoms with E-state index in [1.54, 1.807) is 0 Å². The predicted octanol–water partition coefficient (Wildman–Crippen LogP) is 1.92. The van der Waals surface area contributed by atoms with Gasteiger partial charge in [0, 0.05) is 24.4 Å². The number of ether oxygens (including phenoxy) is 2. The Balaban J connectivity index is 2.02. The minimum Gasteiger partial charge on any atom is -0.468 e. The first-order valence-corrected chi connectivity index (χ1v) is 8.26. The first-order chi connectivity index (χ1) is 9.06. The molecule has 19 heavy (non-hydrogen) atoms. The van der Waals surface area contributed by atoms with Crippen LogP contribution in [0.2, 0.25) is 0 Å². The number of nitrogens with zero attached hydrogens (tertiary/aromatic N) is 1. The number of hydrogen-bond donors (Lipinski definition) is 0. The molecule has 0 bridgehead atoms. The number of esters is 1. The van der Waals surface area contributed by atoms with Crippen molar-refractivity contribution in [1.82, 2.24) is 4.90 Å². The number of carbonyl (C=O) groups excluding carboxylic acids is 1. The van der Waals surface area contributed by atoms with Crippen LogP contribution in [0.4, 0.5) is 0 Å². The van der Waals surface area contributed by atoms with Crippen molar-refractivity contribution < 1.29 is 14.3 Å². The van der Waals surface area contributed by atoms with E-state index >= 15 is 0 Å². The summed E-state index contributed by atoms with van der Waals surface area (Å²) >= 11 is 1.98. The van der Waals surface area contributed by atoms with Crippen LogP contribution in [-0.2, 0) is 14.3 Å². The Morgan fingerprint density at radius 2 is 2.37 bits per heavy atom. The maximum atomic E-state index is 11.6. The number of carbonyl (C=O) groups is 1. The highest BCUT2D eigenvalue weighted by Crippen LogP contribution is 2.39. The third-order valence-electron chi connectivity index (χ3n) is 4.21. The van der Waals surface area contributed by atoms with Gasteiger partial charge in [0.1, 0.15) is 0 Å². The molecule has 4 nitrogen and oxygen atoms in total. The van der Waals surface area contributed by atoms with Crippen LogP contribution in [0, 0.1) is 0 Å². The zero-order chi connectivity index (χ0) is 13.9. The normalized spacial score (nSPS) is 31.3. The van der Waals surface area contributed by atoms with Crippen LogP contribution in [0.25, 0.3) is 0 Å². The van der Waals surface area contributed by atoms with Gasteiger partial charge >= 0.3 is 5.97 Å². The lowest BCUT2D eigenvalue weighted by atomic mass is 9.88. The molecule has 2 heterocycles. The third-order valence-corrected chi connectivity index (χ3v) is 5.43. The molecule has 5 heteroatoms. The van der Waals surface area contributed by atoms with Gasteiger partial charge in [-0.25, -0.2) is 0 Å². The molecule has 2 fully saturated rings. The molecular formula is C14H25NO3S. The zero-order valence-electron chi connectivity index (χ0n) is 12.2. The van der Waals surface area contributed by atoms with Gasteiger partial charge in [0.05, 0.1) is 19.3 Å². The lowest BCUT2D eigenvalue weighted by molar-refractivity contribution is -0.146. The number of hydrogen-bond acceptors (Lipinski definition) is 5. The molecule has 2 rings (SSSR count). The molecule has 0 aromatic carbocycles. The van der Waals surface area contributed by atoms with Gasteiger partial charge in [-0.2, -0.15) is 11.8 Å². The van der Waals surface area contributed by atoms with Crippen molar-refractivity contribution in [3.63, 3.8) is 0 Å². The molecule has 1 spiro atoms. The summed E-state index contributed by atoms with van der Waals surface area (Å²) in [6, 6.07) is 0.792. The lowest BCUT2D eigenvalue weighted by Crippen LogP contribution is -2.52. The molecule has 2 aliphatic rings. The quantitative estimate of drug-likeness (QED) is 0.739. The standard InChI is InChI=1S/C14H25NO3S/c1-11(2)15(9-13(16)17-3)12-4-6-18-14(8-12)5-7-19-10-14/h11-12H,4-10H2,1-3H3. The van der Waals surface area contributed by atoms with E-state index in [0.29, 0.717) is 18.6 Å². The van der Waals surface area contributed by atoms with Gasteiger partial charge < -0.3 is 9.47 Å². The van der Waals surface area contributed by atoms with Gasteiger partial charge in [-0.05, 0) is 38.9 Å². The molecule has 0 radical (unpaired) electrons. The number of methoxy groups -OCH3 is 1. The van der Waals surface area contributed by atoms with E-state index in [9.17, 15) is 4.79 Å². The van der Waals surface area contributed by atoms with Crippen LogP contribution in [0.1, 0.15) is 33.1 Å². The van der Waals surface area contributed by atoms with E-state index in [1.807, 2.05) is 11.8 Å². The van der Waals surface area contributed by atoms with E-state index in [0.717, 1.165) is 31.6 Å². The van der Waals surface area contributed by atoms with Crippen LogP contribution >= 0.6 is 11.8 Å². The fourth-order valence-electron chi connectivity index (χ4n) is 3.10. The molecule has 110 valence electrons. The lowest BCUT2D eigenvalue weighted by Gasteiger charge is -2.43. The monoisotopic (exact) mass is 287 g/mol. The van der Waals surface area contributed by atoms with Gasteiger partial charge in [0.15, 0.2) is 0 Å². The Hall–Kier alpha value is -0.260. The Morgan fingerprint density at radius 1 is 1.58 bits per heavy atom. The molecule has 0 amide bonds. The van der Waals surface area contributed by atoms with E-state index in [4.69, 9.17) is 9.47 Å². The fraction of sp³-hybridized carbons (Fsp3) is 0.929. The Labute approximate surface area is 120 Å². The van der Waals surface area contributed by atoms with Crippen LogP contribution in [-0.4, -0.2) is 60.3 Å². The van der Waals surface area contributed by atoms with Crippen molar-refractivity contribution >= 4 is 17.7 Å². The molecule has 2 aliphatic heterocycles. The van der Waals surface area contributed by atoms with Crippen LogP contribution in [0.3, 0.4) is 0 Å². The van der Waals surface area contributed by atoms with Crippen molar-refractivity contribution in [2.75, 3.05) is 31.8 Å². The molecule has 2 atom stereocenters.